The van der Waals surface area contributed by atoms with Crippen LogP contribution in [0.2, 0.25) is 0 Å². The Morgan fingerprint density at radius 1 is 0.968 bits per heavy atom. The molecule has 31 heavy (non-hydrogen) atoms. The molecule has 1 fully saturated rings. The molecule has 0 spiro atoms. The van der Waals surface area contributed by atoms with Crippen molar-refractivity contribution in [3.8, 4) is 11.5 Å². The maximum atomic E-state index is 12.7. The van der Waals surface area contributed by atoms with E-state index in [1.165, 1.54) is 11.6 Å². The topological polar surface area (TPSA) is 72.2 Å². The highest BCUT2D eigenvalue weighted by atomic mass is 16.5. The minimum absolute atomic E-state index is 0.0406. The van der Waals surface area contributed by atoms with Crippen LogP contribution in [-0.4, -0.2) is 55.6 Å². The molecule has 1 aliphatic rings. The molecule has 0 N–H and O–H groups in total. The zero-order chi connectivity index (χ0) is 21.6. The molecule has 7 nitrogen and oxygen atoms in total. The summed E-state index contributed by atoms with van der Waals surface area (Å²) < 4.78 is 16.1. The monoisotopic (exact) mass is 422 g/mol. The Kier molecular flexibility index (Phi) is 6.52. The van der Waals surface area contributed by atoms with Gasteiger partial charge in [-0.3, -0.25) is 9.69 Å². The van der Waals surface area contributed by atoms with Gasteiger partial charge in [0, 0.05) is 50.2 Å². The number of methoxy groups -OCH3 is 1. The van der Waals surface area contributed by atoms with Crippen LogP contribution in [0.15, 0.2) is 63.8 Å². The van der Waals surface area contributed by atoms with E-state index in [1.54, 1.807) is 31.4 Å². The summed E-state index contributed by atoms with van der Waals surface area (Å²) in [5, 5.41) is 0.808. The number of hydrogen-bond acceptors (Lipinski definition) is 6. The molecule has 4 rings (SSSR count). The van der Waals surface area contributed by atoms with E-state index in [0.717, 1.165) is 37.2 Å². The zero-order valence-corrected chi connectivity index (χ0v) is 17.6. The van der Waals surface area contributed by atoms with E-state index in [4.69, 9.17) is 13.9 Å². The summed E-state index contributed by atoms with van der Waals surface area (Å²) in [6.07, 6.45) is 0.920. The van der Waals surface area contributed by atoms with Crippen LogP contribution in [0, 0.1) is 0 Å². The van der Waals surface area contributed by atoms with Crippen molar-refractivity contribution in [3.05, 3.63) is 70.6 Å². The van der Waals surface area contributed by atoms with Crippen molar-refractivity contribution >= 4 is 16.9 Å². The number of rotatable bonds is 6. The summed E-state index contributed by atoms with van der Waals surface area (Å²) in [6, 6.07) is 16.4. The largest absolute Gasteiger partial charge is 0.497 e. The molecule has 2 heterocycles. The molecule has 3 aromatic rings. The first-order chi connectivity index (χ1) is 15.1. The van der Waals surface area contributed by atoms with Crippen LogP contribution in [-0.2, 0) is 11.3 Å². The summed E-state index contributed by atoms with van der Waals surface area (Å²) in [5.41, 5.74) is 1.26. The highest BCUT2D eigenvalue weighted by molar-refractivity contribution is 5.79. The van der Waals surface area contributed by atoms with Gasteiger partial charge in [-0.05, 0) is 42.3 Å². The van der Waals surface area contributed by atoms with Gasteiger partial charge in [-0.15, -0.1) is 0 Å². The summed E-state index contributed by atoms with van der Waals surface area (Å²) >= 11 is 0. The van der Waals surface area contributed by atoms with Gasteiger partial charge < -0.3 is 18.8 Å². The molecule has 1 amide bonds. The first-order valence-electron chi connectivity index (χ1n) is 10.4. The maximum Gasteiger partial charge on any atom is 0.336 e. The molecule has 0 bridgehead atoms. The van der Waals surface area contributed by atoms with Gasteiger partial charge in [-0.2, -0.15) is 0 Å². The second kappa shape index (κ2) is 9.66. The van der Waals surface area contributed by atoms with Crippen molar-refractivity contribution in [2.45, 2.75) is 13.0 Å². The Morgan fingerprint density at radius 3 is 2.55 bits per heavy atom. The molecule has 0 radical (unpaired) electrons. The van der Waals surface area contributed by atoms with Crippen LogP contribution >= 0.6 is 0 Å². The quantitative estimate of drug-likeness (QED) is 0.569. The van der Waals surface area contributed by atoms with Crippen molar-refractivity contribution in [2.24, 2.45) is 0 Å². The predicted octanol–water partition coefficient (Wildman–Crippen LogP) is 2.91. The fraction of sp³-hybridized carbons (Fsp3) is 0.333. The first-order valence-corrected chi connectivity index (χ1v) is 10.4. The number of hydrogen-bond donors (Lipinski definition) is 0. The lowest BCUT2D eigenvalue weighted by Crippen LogP contribution is -2.38. The Bertz CT molecular complexity index is 1090. The molecule has 1 aliphatic heterocycles. The lowest BCUT2D eigenvalue weighted by Gasteiger charge is -2.22. The Hall–Kier alpha value is -3.32. The summed E-state index contributed by atoms with van der Waals surface area (Å²) in [5.74, 6) is 1.32. The second-order valence-corrected chi connectivity index (χ2v) is 7.60. The highest BCUT2D eigenvalue weighted by Gasteiger charge is 2.19. The van der Waals surface area contributed by atoms with Gasteiger partial charge in [-0.25, -0.2) is 4.79 Å². The maximum absolute atomic E-state index is 12.7. The number of fused-ring (bicyclic) bond motifs is 1. The Balaban J connectivity index is 1.29. The molecule has 1 aromatic heterocycles. The fourth-order valence-corrected chi connectivity index (χ4v) is 3.73. The third kappa shape index (κ3) is 5.44. The van der Waals surface area contributed by atoms with Crippen molar-refractivity contribution in [3.63, 3.8) is 0 Å². The van der Waals surface area contributed by atoms with Crippen LogP contribution in [0.5, 0.6) is 11.5 Å². The van der Waals surface area contributed by atoms with Crippen molar-refractivity contribution in [2.75, 3.05) is 39.9 Å². The van der Waals surface area contributed by atoms with E-state index in [1.807, 2.05) is 17.0 Å². The predicted molar refractivity (Wildman–Crippen MR) is 117 cm³/mol. The van der Waals surface area contributed by atoms with Crippen LogP contribution < -0.4 is 15.1 Å². The number of benzene rings is 2. The zero-order valence-electron chi connectivity index (χ0n) is 17.6. The van der Waals surface area contributed by atoms with E-state index in [9.17, 15) is 9.59 Å². The van der Waals surface area contributed by atoms with Gasteiger partial charge in [0.1, 0.15) is 17.1 Å². The Morgan fingerprint density at radius 2 is 1.74 bits per heavy atom. The van der Waals surface area contributed by atoms with E-state index in [2.05, 4.69) is 17.0 Å². The van der Waals surface area contributed by atoms with E-state index >= 15 is 0 Å². The van der Waals surface area contributed by atoms with Gasteiger partial charge in [0.2, 0.25) is 0 Å². The van der Waals surface area contributed by atoms with E-state index < -0.39 is 5.63 Å². The highest BCUT2D eigenvalue weighted by Crippen LogP contribution is 2.20. The second-order valence-electron chi connectivity index (χ2n) is 7.60. The van der Waals surface area contributed by atoms with Crippen LogP contribution in [0.3, 0.4) is 0 Å². The van der Waals surface area contributed by atoms with Crippen LogP contribution in [0.25, 0.3) is 11.0 Å². The standard InChI is InChI=1S/C24H26N2O5/c1-29-20-7-3-18(4-8-20)16-25-11-2-12-26(14-13-25)23(27)17-30-21-9-5-19-6-10-24(28)31-22(19)15-21/h3-10,15H,2,11-14,16-17H2,1H3. The average Bonchev–Trinajstić information content (AvgIpc) is 3.03. The number of carbonyl (C=O) groups is 1. The average molecular weight is 422 g/mol. The number of nitrogens with zero attached hydrogens (tertiary/aromatic N) is 2. The number of amides is 1. The number of carbonyl (C=O) groups excluding carboxylic acids is 1. The first kappa shape index (κ1) is 20.9. The smallest absolute Gasteiger partial charge is 0.336 e. The lowest BCUT2D eigenvalue weighted by molar-refractivity contribution is -0.133. The van der Waals surface area contributed by atoms with Crippen LogP contribution in [0.1, 0.15) is 12.0 Å². The molecule has 0 unspecified atom stereocenters. The molecule has 0 saturated carbocycles. The molecule has 7 heteroatoms. The van der Waals surface area contributed by atoms with E-state index in [-0.39, 0.29) is 12.5 Å². The minimum atomic E-state index is -0.413. The van der Waals surface area contributed by atoms with Gasteiger partial charge in [0.15, 0.2) is 6.61 Å². The van der Waals surface area contributed by atoms with Crippen molar-refractivity contribution in [1.82, 2.24) is 9.80 Å². The van der Waals surface area contributed by atoms with Gasteiger partial charge in [0.25, 0.3) is 5.91 Å². The third-order valence-corrected chi connectivity index (χ3v) is 5.46. The Labute approximate surface area is 180 Å². The summed E-state index contributed by atoms with van der Waals surface area (Å²) in [4.78, 5) is 28.3. The van der Waals surface area contributed by atoms with Gasteiger partial charge in [-0.1, -0.05) is 12.1 Å². The molecule has 2 aromatic carbocycles. The number of ether oxygens (including phenoxy) is 2. The van der Waals surface area contributed by atoms with Crippen molar-refractivity contribution in [1.29, 1.82) is 0 Å². The molecule has 1 saturated heterocycles. The SMILES string of the molecule is COc1ccc(CN2CCCN(C(=O)COc3ccc4ccc(=O)oc4c3)CC2)cc1. The molecule has 0 atom stereocenters. The summed E-state index contributed by atoms with van der Waals surface area (Å²) in [6.45, 7) is 3.96. The molecule has 0 aliphatic carbocycles. The fourth-order valence-electron chi connectivity index (χ4n) is 3.73. The molecular weight excluding hydrogens is 396 g/mol. The minimum Gasteiger partial charge on any atom is -0.497 e. The van der Waals surface area contributed by atoms with Crippen molar-refractivity contribution < 1.29 is 18.7 Å². The van der Waals surface area contributed by atoms with E-state index in [0.29, 0.717) is 24.4 Å². The third-order valence-electron chi connectivity index (χ3n) is 5.46. The summed E-state index contributed by atoms with van der Waals surface area (Å²) in [7, 11) is 1.66. The van der Waals surface area contributed by atoms with Gasteiger partial charge in [0.05, 0.1) is 7.11 Å². The molecular formula is C24H26N2O5. The van der Waals surface area contributed by atoms with Crippen LogP contribution in [0.4, 0.5) is 0 Å². The molecule has 162 valence electrons. The normalized spacial score (nSPS) is 14.9. The van der Waals surface area contributed by atoms with Gasteiger partial charge >= 0.3 is 5.63 Å². The lowest BCUT2D eigenvalue weighted by atomic mass is 10.2.